The molecule has 0 bridgehead atoms. The van der Waals surface area contributed by atoms with Crippen LogP contribution < -0.4 is 4.90 Å². The summed E-state index contributed by atoms with van der Waals surface area (Å²) in [6.45, 7) is -0.424. The number of amides is 1. The van der Waals surface area contributed by atoms with Gasteiger partial charge in [-0.3, -0.25) is 9.59 Å². The molecule has 9 heteroatoms. The van der Waals surface area contributed by atoms with Crippen LogP contribution in [0.4, 0.5) is 5.69 Å². The van der Waals surface area contributed by atoms with Crippen LogP contribution >= 0.6 is 0 Å². The summed E-state index contributed by atoms with van der Waals surface area (Å²) in [6, 6.07) is 27.4. The van der Waals surface area contributed by atoms with Gasteiger partial charge >= 0.3 is 5.97 Å². The Morgan fingerprint density at radius 3 is 2.21 bits per heavy atom. The van der Waals surface area contributed by atoms with Crippen LogP contribution in [0.3, 0.4) is 0 Å². The van der Waals surface area contributed by atoms with Crippen LogP contribution in [0.15, 0.2) is 108 Å². The fourth-order valence-corrected chi connectivity index (χ4v) is 6.31. The number of phenolic OH excluding ortho intramolecular Hbond substituents is 1. The Morgan fingerprint density at radius 2 is 1.49 bits per heavy atom. The Morgan fingerprint density at radius 1 is 0.846 bits per heavy atom. The normalized spacial score (nSPS) is 15.7. The van der Waals surface area contributed by atoms with Gasteiger partial charge in [0.15, 0.2) is 0 Å². The Bertz CT molecular complexity index is 1620. The van der Waals surface area contributed by atoms with E-state index < -0.39 is 22.0 Å². The van der Waals surface area contributed by atoms with Gasteiger partial charge in [0.25, 0.3) is 5.91 Å². The predicted octanol–water partition coefficient (Wildman–Crippen LogP) is 4.45. The van der Waals surface area contributed by atoms with Crippen molar-refractivity contribution < 1.29 is 27.9 Å². The highest BCUT2D eigenvalue weighted by atomic mass is 32.2. The largest absolute Gasteiger partial charge is 0.508 e. The first-order valence-electron chi connectivity index (χ1n) is 12.2. The van der Waals surface area contributed by atoms with Crippen LogP contribution in [0, 0.1) is 0 Å². The number of hydrogen-bond donors (Lipinski definition) is 1. The molecule has 39 heavy (non-hydrogen) atoms. The molecule has 1 N–H and O–H groups in total. The van der Waals surface area contributed by atoms with Crippen molar-refractivity contribution >= 4 is 27.6 Å². The molecule has 198 valence electrons. The van der Waals surface area contributed by atoms with Crippen molar-refractivity contribution in [2.75, 3.05) is 18.6 Å². The lowest BCUT2D eigenvalue weighted by Gasteiger charge is -2.29. The maximum atomic E-state index is 14.2. The second kappa shape index (κ2) is 10.7. The zero-order chi connectivity index (χ0) is 27.6. The summed E-state index contributed by atoms with van der Waals surface area (Å²) in [7, 11) is -3.05. The topological polar surface area (TPSA) is 104 Å². The SMILES string of the molecule is COC(=O)C1CN(C(=O)c2ccccc2-c2ccccc2)c2ccccc2CN1S(=O)(=O)c1ccc(O)cc1. The van der Waals surface area contributed by atoms with Gasteiger partial charge in [0.2, 0.25) is 10.0 Å². The molecule has 4 aromatic rings. The number of para-hydroxylation sites is 1. The zero-order valence-corrected chi connectivity index (χ0v) is 21.9. The van der Waals surface area contributed by atoms with Gasteiger partial charge in [0.1, 0.15) is 11.8 Å². The minimum absolute atomic E-state index is 0.0893. The highest BCUT2D eigenvalue weighted by molar-refractivity contribution is 7.89. The van der Waals surface area contributed by atoms with Crippen LogP contribution in [0.1, 0.15) is 15.9 Å². The van der Waals surface area contributed by atoms with Crippen LogP contribution in [-0.4, -0.2) is 49.4 Å². The quantitative estimate of drug-likeness (QED) is 0.374. The van der Waals surface area contributed by atoms with Crippen molar-refractivity contribution in [2.45, 2.75) is 17.5 Å². The first-order chi connectivity index (χ1) is 18.8. The molecule has 1 heterocycles. The molecule has 0 fully saturated rings. The van der Waals surface area contributed by atoms with Crippen LogP contribution in [0.2, 0.25) is 0 Å². The van der Waals surface area contributed by atoms with Gasteiger partial charge in [0, 0.05) is 17.8 Å². The van der Waals surface area contributed by atoms with E-state index in [1.165, 1.54) is 36.3 Å². The van der Waals surface area contributed by atoms with Gasteiger partial charge in [0.05, 0.1) is 18.6 Å². The van der Waals surface area contributed by atoms with E-state index in [1.54, 1.807) is 36.4 Å². The lowest BCUT2D eigenvalue weighted by Crippen LogP contribution is -2.50. The molecule has 1 unspecified atom stereocenters. The second-order valence-corrected chi connectivity index (χ2v) is 10.9. The number of phenols is 1. The molecule has 1 atom stereocenters. The van der Waals surface area contributed by atoms with E-state index in [9.17, 15) is 23.1 Å². The number of nitrogens with zero attached hydrogens (tertiary/aromatic N) is 2. The predicted molar refractivity (Wildman–Crippen MR) is 147 cm³/mol. The molecular formula is C30H26N2O6S. The molecule has 0 saturated carbocycles. The Labute approximate surface area is 226 Å². The number of sulfonamides is 1. The fraction of sp³-hybridized carbons (Fsp3) is 0.133. The lowest BCUT2D eigenvalue weighted by molar-refractivity contribution is -0.144. The van der Waals surface area contributed by atoms with Crippen molar-refractivity contribution in [3.05, 3.63) is 114 Å². The average molecular weight is 543 g/mol. The smallest absolute Gasteiger partial charge is 0.326 e. The molecule has 0 aromatic heterocycles. The van der Waals surface area contributed by atoms with Gasteiger partial charge in [-0.2, -0.15) is 4.31 Å². The van der Waals surface area contributed by atoms with Gasteiger partial charge in [-0.15, -0.1) is 0 Å². The highest BCUT2D eigenvalue weighted by Gasteiger charge is 2.42. The van der Waals surface area contributed by atoms with Crippen molar-refractivity contribution in [3.8, 4) is 16.9 Å². The summed E-state index contributed by atoms with van der Waals surface area (Å²) in [4.78, 5) is 28.7. The maximum Gasteiger partial charge on any atom is 0.326 e. The van der Waals surface area contributed by atoms with Crippen LogP contribution in [0.25, 0.3) is 11.1 Å². The third-order valence-corrected chi connectivity index (χ3v) is 8.58. The number of anilines is 1. The summed E-state index contributed by atoms with van der Waals surface area (Å²) in [5, 5.41) is 9.67. The van der Waals surface area contributed by atoms with Crippen molar-refractivity contribution in [2.24, 2.45) is 0 Å². The summed E-state index contributed by atoms with van der Waals surface area (Å²) >= 11 is 0. The summed E-state index contributed by atoms with van der Waals surface area (Å²) in [6.07, 6.45) is 0. The molecule has 0 radical (unpaired) electrons. The van der Waals surface area contributed by atoms with E-state index in [0.29, 0.717) is 22.4 Å². The molecule has 4 aromatic carbocycles. The highest BCUT2D eigenvalue weighted by Crippen LogP contribution is 2.34. The number of benzene rings is 4. The minimum atomic E-state index is -4.23. The summed E-state index contributed by atoms with van der Waals surface area (Å²) < 4.78 is 33.7. The van der Waals surface area contributed by atoms with E-state index >= 15 is 0 Å². The number of hydrogen-bond acceptors (Lipinski definition) is 6. The molecule has 8 nitrogen and oxygen atoms in total. The number of rotatable bonds is 5. The Hall–Kier alpha value is -4.47. The Kier molecular flexibility index (Phi) is 7.19. The number of carbonyl (C=O) groups excluding carboxylic acids is 2. The van der Waals surface area contributed by atoms with E-state index in [2.05, 4.69) is 0 Å². The minimum Gasteiger partial charge on any atom is -0.508 e. The van der Waals surface area contributed by atoms with Crippen molar-refractivity contribution in [1.29, 1.82) is 0 Å². The molecule has 1 aliphatic rings. The third kappa shape index (κ3) is 5.01. The number of methoxy groups -OCH3 is 1. The van der Waals surface area contributed by atoms with Crippen LogP contribution in [0.5, 0.6) is 5.75 Å². The first kappa shape index (κ1) is 26.1. The molecule has 0 aliphatic carbocycles. The van der Waals surface area contributed by atoms with Gasteiger partial charge < -0.3 is 14.7 Å². The van der Waals surface area contributed by atoms with Gasteiger partial charge in [-0.1, -0.05) is 66.7 Å². The molecule has 0 spiro atoms. The summed E-state index contributed by atoms with van der Waals surface area (Å²) in [5.74, 6) is -1.26. The monoisotopic (exact) mass is 542 g/mol. The van der Waals surface area contributed by atoms with E-state index in [4.69, 9.17) is 4.74 Å². The zero-order valence-electron chi connectivity index (χ0n) is 21.1. The van der Waals surface area contributed by atoms with Crippen molar-refractivity contribution in [3.63, 3.8) is 0 Å². The number of carbonyl (C=O) groups is 2. The number of aromatic hydroxyl groups is 1. The summed E-state index contributed by atoms with van der Waals surface area (Å²) in [5.41, 5.74) is 3.04. The molecule has 0 saturated heterocycles. The van der Waals surface area contributed by atoms with Crippen molar-refractivity contribution in [1.82, 2.24) is 4.31 Å². The van der Waals surface area contributed by atoms with Gasteiger partial charge in [-0.05, 0) is 53.1 Å². The molecule has 5 rings (SSSR count). The molecule has 1 aliphatic heterocycles. The number of esters is 1. The number of fused-ring (bicyclic) bond motifs is 1. The number of ether oxygens (including phenoxy) is 1. The third-order valence-electron chi connectivity index (χ3n) is 6.72. The maximum absolute atomic E-state index is 14.2. The molecular weight excluding hydrogens is 516 g/mol. The standard InChI is InChI=1S/C30H26N2O6S/c1-38-30(35)28-20-31(29(34)26-13-7-6-12-25(26)21-9-3-2-4-10-21)27-14-8-5-11-22(27)19-32(28)39(36,37)24-17-15-23(33)16-18-24/h2-18,28,33H,19-20H2,1H3. The van der Waals surface area contributed by atoms with E-state index in [-0.39, 0.29) is 29.6 Å². The first-order valence-corrected chi connectivity index (χ1v) is 13.7. The fourth-order valence-electron chi connectivity index (χ4n) is 4.76. The molecule has 1 amide bonds. The van der Waals surface area contributed by atoms with E-state index in [0.717, 1.165) is 9.87 Å². The Balaban J connectivity index is 1.63. The second-order valence-electron chi connectivity index (χ2n) is 9.04. The average Bonchev–Trinajstić information content (AvgIpc) is 3.15. The van der Waals surface area contributed by atoms with Crippen LogP contribution in [-0.2, 0) is 26.1 Å². The van der Waals surface area contributed by atoms with Gasteiger partial charge in [-0.25, -0.2) is 8.42 Å². The lowest BCUT2D eigenvalue weighted by atomic mass is 9.98. The van der Waals surface area contributed by atoms with E-state index in [1.807, 2.05) is 42.5 Å².